The Kier molecular flexibility index (Phi) is 7.49. The summed E-state index contributed by atoms with van der Waals surface area (Å²) in [4.78, 5) is 22.3. The van der Waals surface area contributed by atoms with Crippen LogP contribution in [0.3, 0.4) is 0 Å². The third kappa shape index (κ3) is 5.88. The van der Waals surface area contributed by atoms with E-state index in [0.29, 0.717) is 5.75 Å². The molecule has 0 fully saturated rings. The average molecular weight is 434 g/mol. The first-order valence-electron chi connectivity index (χ1n) is 10.3. The summed E-state index contributed by atoms with van der Waals surface area (Å²) in [7, 11) is 3.11. The average Bonchev–Trinajstić information content (AvgIpc) is 2.81. The molecular weight excluding hydrogens is 408 g/mol. The van der Waals surface area contributed by atoms with Gasteiger partial charge in [0.15, 0.2) is 0 Å². The van der Waals surface area contributed by atoms with E-state index in [1.54, 1.807) is 31.4 Å². The number of benzene rings is 3. The van der Waals surface area contributed by atoms with E-state index in [0.717, 1.165) is 53.7 Å². The van der Waals surface area contributed by atoms with Crippen LogP contribution in [0.2, 0.25) is 0 Å². The number of rotatable bonds is 10. The molecule has 0 spiro atoms. The molecule has 3 aromatic carbocycles. The Morgan fingerprint density at radius 2 is 1.22 bits per heavy atom. The first kappa shape index (κ1) is 22.9. The highest BCUT2D eigenvalue weighted by Gasteiger charge is 2.11. The number of carboxylic acid groups (broad SMARTS) is 2. The Morgan fingerprint density at radius 1 is 0.656 bits per heavy atom. The minimum absolute atomic E-state index is 0.149. The second-order valence-electron chi connectivity index (χ2n) is 7.53. The number of hydrogen-bond donors (Lipinski definition) is 2. The lowest BCUT2D eigenvalue weighted by molar-refractivity contribution is 0.0684. The second-order valence-corrected chi connectivity index (χ2v) is 7.53. The SMILES string of the molecule is COc1cc(CCc2ccc(C(=O)O)cc2)cc(CCc2ccc(C(=O)O)c(OC)c2)c1. The van der Waals surface area contributed by atoms with E-state index in [4.69, 9.17) is 14.6 Å². The van der Waals surface area contributed by atoms with E-state index in [-0.39, 0.29) is 11.1 Å². The lowest BCUT2D eigenvalue weighted by Crippen LogP contribution is -2.02. The van der Waals surface area contributed by atoms with Gasteiger partial charge in [-0.1, -0.05) is 24.3 Å². The van der Waals surface area contributed by atoms with Gasteiger partial charge in [0.25, 0.3) is 0 Å². The van der Waals surface area contributed by atoms with E-state index in [1.165, 1.54) is 7.11 Å². The molecule has 0 radical (unpaired) electrons. The fraction of sp³-hybridized carbons (Fsp3) is 0.231. The number of carbonyl (C=O) groups is 2. The molecule has 2 N–H and O–H groups in total. The van der Waals surface area contributed by atoms with Crippen molar-refractivity contribution in [3.05, 3.63) is 94.0 Å². The molecular formula is C26H26O6. The van der Waals surface area contributed by atoms with Crippen molar-refractivity contribution in [3.63, 3.8) is 0 Å². The topological polar surface area (TPSA) is 93.1 Å². The number of hydrogen-bond acceptors (Lipinski definition) is 4. The van der Waals surface area contributed by atoms with Crippen molar-refractivity contribution < 1.29 is 29.3 Å². The zero-order valence-electron chi connectivity index (χ0n) is 18.1. The van der Waals surface area contributed by atoms with Gasteiger partial charge in [-0.2, -0.15) is 0 Å². The molecule has 0 saturated heterocycles. The molecule has 6 nitrogen and oxygen atoms in total. The van der Waals surface area contributed by atoms with Crippen LogP contribution < -0.4 is 9.47 Å². The van der Waals surface area contributed by atoms with Crippen LogP contribution in [-0.2, 0) is 25.7 Å². The summed E-state index contributed by atoms with van der Waals surface area (Å²) in [5.41, 5.74) is 4.77. The van der Waals surface area contributed by atoms with Crippen LogP contribution >= 0.6 is 0 Å². The first-order chi connectivity index (χ1) is 15.4. The third-order valence-corrected chi connectivity index (χ3v) is 5.36. The summed E-state index contributed by atoms with van der Waals surface area (Å²) >= 11 is 0. The van der Waals surface area contributed by atoms with Gasteiger partial charge in [0.05, 0.1) is 19.8 Å². The van der Waals surface area contributed by atoms with Crippen molar-refractivity contribution in [2.45, 2.75) is 25.7 Å². The van der Waals surface area contributed by atoms with Crippen LogP contribution in [0.1, 0.15) is 43.0 Å². The zero-order chi connectivity index (χ0) is 23.1. The first-order valence-corrected chi connectivity index (χ1v) is 10.3. The van der Waals surface area contributed by atoms with Gasteiger partial charge in [0.1, 0.15) is 17.1 Å². The summed E-state index contributed by atoms with van der Waals surface area (Å²) in [6.07, 6.45) is 3.10. The van der Waals surface area contributed by atoms with Gasteiger partial charge in [0.2, 0.25) is 0 Å². The van der Waals surface area contributed by atoms with Crippen molar-refractivity contribution in [1.82, 2.24) is 0 Å². The molecule has 0 bridgehead atoms. The smallest absolute Gasteiger partial charge is 0.339 e. The van der Waals surface area contributed by atoms with Crippen LogP contribution in [0, 0.1) is 0 Å². The Morgan fingerprint density at radius 3 is 1.75 bits per heavy atom. The predicted molar refractivity (Wildman–Crippen MR) is 121 cm³/mol. The highest BCUT2D eigenvalue weighted by molar-refractivity contribution is 5.91. The zero-order valence-corrected chi connectivity index (χ0v) is 18.1. The molecule has 6 heteroatoms. The Hall–Kier alpha value is -3.80. The van der Waals surface area contributed by atoms with Crippen LogP contribution in [-0.4, -0.2) is 36.4 Å². The molecule has 0 saturated carbocycles. The van der Waals surface area contributed by atoms with Crippen LogP contribution in [0.5, 0.6) is 11.5 Å². The number of aryl methyl sites for hydroxylation is 4. The molecule has 32 heavy (non-hydrogen) atoms. The summed E-state index contributed by atoms with van der Waals surface area (Å²) in [5, 5.41) is 18.3. The number of methoxy groups -OCH3 is 2. The number of aromatic carboxylic acids is 2. The van der Waals surface area contributed by atoms with Gasteiger partial charge in [-0.3, -0.25) is 0 Å². The maximum absolute atomic E-state index is 11.3. The van der Waals surface area contributed by atoms with E-state index in [9.17, 15) is 14.7 Å². The molecule has 0 aromatic heterocycles. The van der Waals surface area contributed by atoms with E-state index in [1.807, 2.05) is 30.3 Å². The van der Waals surface area contributed by atoms with Gasteiger partial charge in [0, 0.05) is 0 Å². The Balaban J connectivity index is 1.69. The van der Waals surface area contributed by atoms with Crippen molar-refractivity contribution in [2.24, 2.45) is 0 Å². The van der Waals surface area contributed by atoms with Crippen molar-refractivity contribution in [3.8, 4) is 11.5 Å². The Labute approximate surface area is 187 Å². The minimum atomic E-state index is -1.01. The molecule has 0 aliphatic rings. The van der Waals surface area contributed by atoms with Gasteiger partial charge < -0.3 is 19.7 Å². The molecule has 0 heterocycles. The molecule has 0 unspecified atom stereocenters. The lowest BCUT2D eigenvalue weighted by Gasteiger charge is -2.11. The lowest BCUT2D eigenvalue weighted by atomic mass is 9.98. The van der Waals surface area contributed by atoms with Gasteiger partial charge in [-0.25, -0.2) is 9.59 Å². The number of carboxylic acids is 2. The normalized spacial score (nSPS) is 10.6. The fourth-order valence-electron chi connectivity index (χ4n) is 3.59. The summed E-state index contributed by atoms with van der Waals surface area (Å²) in [6, 6.07) is 18.3. The quantitative estimate of drug-likeness (QED) is 0.482. The highest BCUT2D eigenvalue weighted by Crippen LogP contribution is 2.23. The highest BCUT2D eigenvalue weighted by atomic mass is 16.5. The molecule has 166 valence electrons. The number of ether oxygens (including phenoxy) is 2. The van der Waals surface area contributed by atoms with Crippen molar-refractivity contribution >= 4 is 11.9 Å². The van der Waals surface area contributed by atoms with Gasteiger partial charge in [-0.15, -0.1) is 0 Å². The van der Waals surface area contributed by atoms with Gasteiger partial charge >= 0.3 is 11.9 Å². The maximum atomic E-state index is 11.3. The van der Waals surface area contributed by atoms with Crippen molar-refractivity contribution in [2.75, 3.05) is 14.2 Å². The monoisotopic (exact) mass is 434 g/mol. The molecule has 3 rings (SSSR count). The molecule has 0 aliphatic heterocycles. The molecule has 0 atom stereocenters. The van der Waals surface area contributed by atoms with Crippen LogP contribution in [0.4, 0.5) is 0 Å². The second kappa shape index (κ2) is 10.5. The fourth-order valence-corrected chi connectivity index (χ4v) is 3.59. The molecule has 3 aromatic rings. The molecule has 0 aliphatic carbocycles. The Bertz CT molecular complexity index is 1100. The van der Waals surface area contributed by atoms with E-state index in [2.05, 4.69) is 6.07 Å². The standard InChI is InChI=1S/C26H26O6/c1-31-22-14-19(5-3-17-7-10-21(11-8-17)25(27)28)13-20(15-22)6-4-18-9-12-23(26(29)30)24(16-18)32-2/h7-16H,3-6H2,1-2H3,(H,27,28)(H,29,30). The van der Waals surface area contributed by atoms with Crippen LogP contribution in [0.25, 0.3) is 0 Å². The van der Waals surface area contributed by atoms with E-state index >= 15 is 0 Å². The predicted octanol–water partition coefficient (Wildman–Crippen LogP) is 4.67. The molecule has 0 amide bonds. The third-order valence-electron chi connectivity index (χ3n) is 5.36. The summed E-state index contributed by atoms with van der Waals surface area (Å²) in [5.74, 6) is -0.791. The van der Waals surface area contributed by atoms with E-state index < -0.39 is 11.9 Å². The largest absolute Gasteiger partial charge is 0.497 e. The summed E-state index contributed by atoms with van der Waals surface area (Å²) in [6.45, 7) is 0. The minimum Gasteiger partial charge on any atom is -0.497 e. The maximum Gasteiger partial charge on any atom is 0.339 e. The van der Waals surface area contributed by atoms with Crippen molar-refractivity contribution in [1.29, 1.82) is 0 Å². The summed E-state index contributed by atoms with van der Waals surface area (Å²) < 4.78 is 10.7. The van der Waals surface area contributed by atoms with Crippen LogP contribution in [0.15, 0.2) is 60.7 Å². The van der Waals surface area contributed by atoms with Gasteiger partial charge in [-0.05, 0) is 84.3 Å².